The van der Waals surface area contributed by atoms with E-state index in [0.29, 0.717) is 5.56 Å². The third kappa shape index (κ3) is 2.34. The van der Waals surface area contributed by atoms with E-state index in [1.165, 1.54) is 12.1 Å². The fraction of sp³-hybridized carbons (Fsp3) is 0.0769. The monoisotopic (exact) mass is 248 g/mol. The van der Waals surface area contributed by atoms with Crippen molar-refractivity contribution in [2.75, 3.05) is 0 Å². The first-order valence-electron chi connectivity index (χ1n) is 5.24. The molecule has 0 aliphatic rings. The van der Waals surface area contributed by atoms with Gasteiger partial charge in [-0.05, 0) is 30.7 Å². The lowest BCUT2D eigenvalue weighted by atomic mass is 10.2. The Balaban J connectivity index is 2.39. The number of aromatic hydroxyl groups is 1. The highest BCUT2D eigenvalue weighted by Gasteiger charge is 2.08. The van der Waals surface area contributed by atoms with Gasteiger partial charge in [0, 0.05) is 0 Å². The Morgan fingerprint density at radius 3 is 2.22 bits per heavy atom. The first kappa shape index (κ1) is 12.2. The average molecular weight is 248 g/mol. The molecule has 3 nitrogen and oxygen atoms in total. The summed E-state index contributed by atoms with van der Waals surface area (Å²) in [6.07, 6.45) is 0. The van der Waals surface area contributed by atoms with Crippen molar-refractivity contribution in [3.63, 3.8) is 0 Å². The molecule has 18 heavy (non-hydrogen) atoms. The maximum atomic E-state index is 13.3. The van der Waals surface area contributed by atoms with E-state index in [9.17, 15) is 13.9 Å². The molecular formula is C13H10F2N2O. The van der Waals surface area contributed by atoms with E-state index < -0.39 is 17.3 Å². The highest BCUT2D eigenvalue weighted by Crippen LogP contribution is 2.31. The molecule has 0 heterocycles. The van der Waals surface area contributed by atoms with Crippen LogP contribution in [0.4, 0.5) is 20.2 Å². The van der Waals surface area contributed by atoms with Gasteiger partial charge in [0.25, 0.3) is 0 Å². The Labute approximate surface area is 102 Å². The van der Waals surface area contributed by atoms with Crippen LogP contribution in [0, 0.1) is 18.6 Å². The van der Waals surface area contributed by atoms with Crippen LogP contribution in [-0.2, 0) is 0 Å². The molecule has 92 valence electrons. The van der Waals surface area contributed by atoms with Gasteiger partial charge in [-0.15, -0.1) is 10.2 Å². The van der Waals surface area contributed by atoms with Crippen LogP contribution in [0.1, 0.15) is 5.56 Å². The van der Waals surface area contributed by atoms with Gasteiger partial charge in [-0.2, -0.15) is 0 Å². The molecule has 2 aromatic carbocycles. The first-order valence-corrected chi connectivity index (χ1v) is 5.24. The second kappa shape index (κ2) is 4.91. The third-order valence-electron chi connectivity index (χ3n) is 2.41. The van der Waals surface area contributed by atoms with Crippen LogP contribution in [0.5, 0.6) is 5.75 Å². The van der Waals surface area contributed by atoms with E-state index in [1.54, 1.807) is 19.1 Å². The van der Waals surface area contributed by atoms with Crippen molar-refractivity contribution in [2.24, 2.45) is 10.2 Å². The van der Waals surface area contributed by atoms with Crippen LogP contribution in [0.2, 0.25) is 0 Å². The number of para-hydroxylation sites is 1. The van der Waals surface area contributed by atoms with Gasteiger partial charge in [-0.1, -0.05) is 18.2 Å². The Hall–Kier alpha value is -2.30. The number of halogens is 2. The summed E-state index contributed by atoms with van der Waals surface area (Å²) in [6.45, 7) is 1.69. The molecule has 2 rings (SSSR count). The molecule has 0 atom stereocenters. The molecule has 0 radical (unpaired) electrons. The van der Waals surface area contributed by atoms with Crippen LogP contribution in [0.25, 0.3) is 0 Å². The maximum absolute atomic E-state index is 13.3. The van der Waals surface area contributed by atoms with Crippen LogP contribution < -0.4 is 0 Å². The minimum Gasteiger partial charge on any atom is -0.505 e. The zero-order valence-electron chi connectivity index (χ0n) is 9.56. The number of rotatable bonds is 2. The summed E-state index contributed by atoms with van der Waals surface area (Å²) in [6, 6.07) is 8.29. The van der Waals surface area contributed by atoms with Crippen molar-refractivity contribution < 1.29 is 13.9 Å². The summed E-state index contributed by atoms with van der Waals surface area (Å²) < 4.78 is 26.6. The fourth-order valence-electron chi connectivity index (χ4n) is 1.41. The second-order valence-corrected chi connectivity index (χ2v) is 3.71. The lowest BCUT2D eigenvalue weighted by Crippen LogP contribution is -1.80. The van der Waals surface area contributed by atoms with Gasteiger partial charge in [0.05, 0.1) is 0 Å². The lowest BCUT2D eigenvalue weighted by Gasteiger charge is -2.01. The molecule has 0 fully saturated rings. The number of hydrogen-bond acceptors (Lipinski definition) is 3. The molecule has 0 unspecified atom stereocenters. The standard InChI is InChI=1S/C13H10F2N2O/c1-8-4-2-7-11(13(8)18)16-17-12-9(14)5-3-6-10(12)15/h2-7,18H,1H3. The van der Waals surface area contributed by atoms with Gasteiger partial charge in [-0.25, -0.2) is 8.78 Å². The summed E-state index contributed by atoms with van der Waals surface area (Å²) in [5.41, 5.74) is 0.302. The largest absolute Gasteiger partial charge is 0.505 e. The number of nitrogens with zero attached hydrogens (tertiary/aromatic N) is 2. The number of phenolic OH excluding ortho intramolecular Hbond substituents is 1. The van der Waals surface area contributed by atoms with Gasteiger partial charge in [0.2, 0.25) is 0 Å². The predicted octanol–water partition coefficient (Wildman–Crippen LogP) is 4.39. The second-order valence-electron chi connectivity index (χ2n) is 3.71. The smallest absolute Gasteiger partial charge is 0.157 e. The maximum Gasteiger partial charge on any atom is 0.157 e. The molecular weight excluding hydrogens is 238 g/mol. The van der Waals surface area contributed by atoms with Gasteiger partial charge in [0.15, 0.2) is 17.3 Å². The molecule has 0 saturated carbocycles. The molecule has 0 aliphatic carbocycles. The Kier molecular flexibility index (Phi) is 3.32. The van der Waals surface area contributed by atoms with E-state index >= 15 is 0 Å². The number of phenols is 1. The molecule has 0 bridgehead atoms. The Bertz CT molecular complexity index is 592. The summed E-state index contributed by atoms with van der Waals surface area (Å²) in [4.78, 5) is 0. The van der Waals surface area contributed by atoms with E-state index in [1.807, 2.05) is 0 Å². The lowest BCUT2D eigenvalue weighted by molar-refractivity contribution is 0.472. The van der Waals surface area contributed by atoms with E-state index in [-0.39, 0.29) is 11.4 Å². The number of azo groups is 1. The summed E-state index contributed by atoms with van der Waals surface area (Å²) in [5, 5.41) is 16.8. The minimum atomic E-state index is -0.800. The van der Waals surface area contributed by atoms with Crippen molar-refractivity contribution in [1.29, 1.82) is 0 Å². The van der Waals surface area contributed by atoms with Crippen LogP contribution in [-0.4, -0.2) is 5.11 Å². The summed E-state index contributed by atoms with van der Waals surface area (Å²) in [5.74, 6) is -1.66. The van der Waals surface area contributed by atoms with Crippen molar-refractivity contribution in [3.05, 3.63) is 53.6 Å². The van der Waals surface area contributed by atoms with Crippen molar-refractivity contribution in [1.82, 2.24) is 0 Å². The number of aryl methyl sites for hydroxylation is 1. The van der Waals surface area contributed by atoms with E-state index in [0.717, 1.165) is 12.1 Å². The van der Waals surface area contributed by atoms with E-state index in [4.69, 9.17) is 0 Å². The van der Waals surface area contributed by atoms with Gasteiger partial charge in [0.1, 0.15) is 11.4 Å². The predicted molar refractivity (Wildman–Crippen MR) is 63.4 cm³/mol. The molecule has 1 N–H and O–H groups in total. The molecule has 0 aliphatic heterocycles. The van der Waals surface area contributed by atoms with E-state index in [2.05, 4.69) is 10.2 Å². The Morgan fingerprint density at radius 2 is 1.56 bits per heavy atom. The van der Waals surface area contributed by atoms with Gasteiger partial charge < -0.3 is 5.11 Å². The zero-order valence-corrected chi connectivity index (χ0v) is 9.56. The molecule has 5 heteroatoms. The zero-order chi connectivity index (χ0) is 13.1. The molecule has 0 amide bonds. The highest BCUT2D eigenvalue weighted by molar-refractivity contribution is 5.54. The molecule has 2 aromatic rings. The quantitative estimate of drug-likeness (QED) is 0.787. The highest BCUT2D eigenvalue weighted by atomic mass is 19.1. The molecule has 0 saturated heterocycles. The number of benzene rings is 2. The Morgan fingerprint density at radius 1 is 0.944 bits per heavy atom. The van der Waals surface area contributed by atoms with Crippen molar-refractivity contribution in [3.8, 4) is 5.75 Å². The normalized spacial score (nSPS) is 11.1. The van der Waals surface area contributed by atoms with Crippen LogP contribution in [0.15, 0.2) is 46.6 Å². The average Bonchev–Trinajstić information content (AvgIpc) is 2.33. The van der Waals surface area contributed by atoms with Crippen LogP contribution >= 0.6 is 0 Å². The summed E-state index contributed by atoms with van der Waals surface area (Å²) in [7, 11) is 0. The molecule has 0 spiro atoms. The third-order valence-corrected chi connectivity index (χ3v) is 2.41. The topological polar surface area (TPSA) is 45.0 Å². The fourth-order valence-corrected chi connectivity index (χ4v) is 1.41. The van der Waals surface area contributed by atoms with Crippen molar-refractivity contribution in [2.45, 2.75) is 6.92 Å². The SMILES string of the molecule is Cc1cccc(N=Nc2c(F)cccc2F)c1O. The van der Waals surface area contributed by atoms with Crippen LogP contribution in [0.3, 0.4) is 0 Å². The van der Waals surface area contributed by atoms with Crippen molar-refractivity contribution >= 4 is 11.4 Å². The number of hydrogen-bond donors (Lipinski definition) is 1. The first-order chi connectivity index (χ1) is 8.59. The molecule has 0 aromatic heterocycles. The minimum absolute atomic E-state index is 0.0574. The van der Waals surface area contributed by atoms with Gasteiger partial charge in [-0.3, -0.25) is 0 Å². The summed E-state index contributed by atoms with van der Waals surface area (Å²) >= 11 is 0. The van der Waals surface area contributed by atoms with Gasteiger partial charge >= 0.3 is 0 Å².